The predicted octanol–water partition coefficient (Wildman–Crippen LogP) is 4.78. The first kappa shape index (κ1) is 22.6. The molecule has 35 heavy (non-hydrogen) atoms. The first-order valence-corrected chi connectivity index (χ1v) is 11.0. The topological polar surface area (TPSA) is 67.2 Å². The van der Waals surface area contributed by atoms with Gasteiger partial charge in [-0.2, -0.15) is 13.9 Å². The zero-order valence-electron chi connectivity index (χ0n) is 18.7. The summed E-state index contributed by atoms with van der Waals surface area (Å²) in [6.07, 6.45) is 1.52. The van der Waals surface area contributed by atoms with Crippen molar-refractivity contribution in [2.45, 2.75) is 31.4 Å². The fourth-order valence-electron chi connectivity index (χ4n) is 4.45. The summed E-state index contributed by atoms with van der Waals surface area (Å²) in [7, 11) is 0. The summed E-state index contributed by atoms with van der Waals surface area (Å²) in [6, 6.07) is 18.7. The molecule has 0 spiro atoms. The number of nitrogens with one attached hydrogen (secondary N) is 1. The number of amides is 2. The molecule has 3 aromatic carbocycles. The van der Waals surface area contributed by atoms with Gasteiger partial charge in [0.05, 0.1) is 29.5 Å². The number of aromatic nitrogens is 2. The third-order valence-electron chi connectivity index (χ3n) is 6.08. The average molecular weight is 478 g/mol. The van der Waals surface area contributed by atoms with Crippen LogP contribution in [0.1, 0.15) is 24.9 Å². The van der Waals surface area contributed by atoms with Gasteiger partial charge in [0.25, 0.3) is 5.91 Å². The third-order valence-corrected chi connectivity index (χ3v) is 6.08. The number of alkyl halides is 2. The second-order valence-electron chi connectivity index (χ2n) is 8.57. The van der Waals surface area contributed by atoms with E-state index in [1.165, 1.54) is 17.0 Å². The molecule has 0 saturated carbocycles. The molecule has 1 unspecified atom stereocenters. The van der Waals surface area contributed by atoms with E-state index in [0.29, 0.717) is 23.9 Å². The van der Waals surface area contributed by atoms with Gasteiger partial charge >= 0.3 is 5.92 Å². The Morgan fingerprint density at radius 3 is 2.40 bits per heavy atom. The smallest absolute Gasteiger partial charge is 0.321 e. The summed E-state index contributed by atoms with van der Waals surface area (Å²) in [5.41, 5.74) is 2.69. The first-order chi connectivity index (χ1) is 16.7. The van der Waals surface area contributed by atoms with Gasteiger partial charge in [-0.15, -0.1) is 0 Å². The number of carbonyl (C=O) groups excluding carboxylic acids is 2. The van der Waals surface area contributed by atoms with Crippen molar-refractivity contribution < 1.29 is 22.8 Å². The largest absolute Gasteiger partial charge is 0.345 e. The summed E-state index contributed by atoms with van der Waals surface area (Å²) in [5.74, 6) is -5.64. The lowest BCUT2D eigenvalue weighted by atomic mass is 9.99. The maximum absolute atomic E-state index is 13.6. The molecule has 5 rings (SSSR count). The van der Waals surface area contributed by atoms with Crippen LogP contribution in [0.4, 0.5) is 18.9 Å². The fraction of sp³-hybridized carbons (Fsp3) is 0.192. The minimum atomic E-state index is -3.56. The Kier molecular flexibility index (Phi) is 5.55. The number of hydrogen-bond donors (Lipinski definition) is 1. The second-order valence-corrected chi connectivity index (χ2v) is 8.57. The Morgan fingerprint density at radius 2 is 1.71 bits per heavy atom. The molecule has 9 heteroatoms. The molecule has 2 amide bonds. The fourth-order valence-corrected chi connectivity index (χ4v) is 4.45. The quantitative estimate of drug-likeness (QED) is 0.449. The molecule has 1 aromatic heterocycles. The van der Waals surface area contributed by atoms with Crippen LogP contribution >= 0.6 is 0 Å². The molecule has 1 saturated heterocycles. The van der Waals surface area contributed by atoms with Gasteiger partial charge in [0.2, 0.25) is 5.91 Å². The number of carbonyl (C=O) groups is 2. The molecule has 1 aliphatic rings. The van der Waals surface area contributed by atoms with Crippen molar-refractivity contribution in [3.63, 3.8) is 0 Å². The highest BCUT2D eigenvalue weighted by atomic mass is 19.3. The van der Waals surface area contributed by atoms with Gasteiger partial charge in [0.1, 0.15) is 5.82 Å². The molecule has 1 fully saturated rings. The molecule has 2 heterocycles. The average Bonchev–Trinajstić information content (AvgIpc) is 3.39. The Morgan fingerprint density at radius 1 is 1.03 bits per heavy atom. The van der Waals surface area contributed by atoms with Crippen molar-refractivity contribution >= 4 is 28.4 Å². The highest BCUT2D eigenvalue weighted by Crippen LogP contribution is 2.39. The van der Waals surface area contributed by atoms with Gasteiger partial charge in [-0.3, -0.25) is 9.59 Å². The number of nitrogens with zero attached hydrogens (tertiary/aromatic N) is 3. The molecule has 1 aliphatic heterocycles. The molecule has 178 valence electrons. The predicted molar refractivity (Wildman–Crippen MR) is 125 cm³/mol. The molecular formula is C26H21F3N4O2. The Bertz CT molecular complexity index is 1400. The number of fused-ring (bicyclic) bond motifs is 1. The van der Waals surface area contributed by atoms with Gasteiger partial charge in [-0.1, -0.05) is 30.3 Å². The van der Waals surface area contributed by atoms with Crippen molar-refractivity contribution in [3.8, 4) is 5.69 Å². The van der Waals surface area contributed by atoms with E-state index in [1.54, 1.807) is 65.5 Å². The van der Waals surface area contributed by atoms with Crippen LogP contribution in [0.3, 0.4) is 0 Å². The van der Waals surface area contributed by atoms with Gasteiger partial charge in [-0.05, 0) is 48.0 Å². The van der Waals surface area contributed by atoms with E-state index in [0.717, 1.165) is 10.9 Å². The van der Waals surface area contributed by atoms with Gasteiger partial charge in [0.15, 0.2) is 0 Å². The number of hydrogen-bond acceptors (Lipinski definition) is 3. The molecule has 2 atom stereocenters. The number of halogens is 3. The van der Waals surface area contributed by atoms with E-state index >= 15 is 0 Å². The molecule has 4 aromatic rings. The molecule has 0 radical (unpaired) electrons. The van der Waals surface area contributed by atoms with E-state index in [4.69, 9.17) is 0 Å². The zero-order chi connectivity index (χ0) is 24.7. The van der Waals surface area contributed by atoms with Crippen molar-refractivity contribution in [1.29, 1.82) is 0 Å². The van der Waals surface area contributed by atoms with Crippen LogP contribution in [0.2, 0.25) is 0 Å². The summed E-state index contributed by atoms with van der Waals surface area (Å²) < 4.78 is 42.2. The minimum Gasteiger partial charge on any atom is -0.345 e. The summed E-state index contributed by atoms with van der Waals surface area (Å²) in [6.45, 7) is 0.529. The highest BCUT2D eigenvalue weighted by molar-refractivity contribution is 6.00. The number of benzene rings is 3. The molecule has 1 N–H and O–H groups in total. The van der Waals surface area contributed by atoms with Crippen molar-refractivity contribution in [2.75, 3.05) is 4.90 Å². The maximum Gasteiger partial charge on any atom is 0.321 e. The Labute approximate surface area is 199 Å². The number of anilines is 1. The van der Waals surface area contributed by atoms with Crippen LogP contribution in [-0.4, -0.2) is 33.6 Å². The molecule has 0 aliphatic carbocycles. The third kappa shape index (κ3) is 4.25. The van der Waals surface area contributed by atoms with Crippen LogP contribution in [-0.2, 0) is 9.59 Å². The Balaban J connectivity index is 1.53. The van der Waals surface area contributed by atoms with Crippen LogP contribution in [0.15, 0.2) is 79.0 Å². The summed E-state index contributed by atoms with van der Waals surface area (Å²) in [4.78, 5) is 26.7. The van der Waals surface area contributed by atoms with Crippen LogP contribution in [0.5, 0.6) is 0 Å². The van der Waals surface area contributed by atoms with Gasteiger partial charge in [-0.25, -0.2) is 9.07 Å². The van der Waals surface area contributed by atoms with Crippen LogP contribution in [0, 0.1) is 5.82 Å². The molecule has 0 bridgehead atoms. The summed E-state index contributed by atoms with van der Waals surface area (Å²) in [5, 5.41) is 7.49. The second kappa shape index (κ2) is 8.57. The van der Waals surface area contributed by atoms with E-state index in [9.17, 15) is 22.8 Å². The normalized spacial score (nSPS) is 18.3. The van der Waals surface area contributed by atoms with Crippen LogP contribution < -0.4 is 10.2 Å². The van der Waals surface area contributed by atoms with Crippen molar-refractivity contribution in [3.05, 3.63) is 90.4 Å². The number of rotatable bonds is 5. The summed E-state index contributed by atoms with van der Waals surface area (Å²) >= 11 is 0. The van der Waals surface area contributed by atoms with Crippen molar-refractivity contribution in [1.82, 2.24) is 15.1 Å². The monoisotopic (exact) mass is 478 g/mol. The Hall–Kier alpha value is -4.14. The maximum atomic E-state index is 13.6. The molecular weight excluding hydrogens is 457 g/mol. The zero-order valence-corrected chi connectivity index (χ0v) is 18.7. The highest BCUT2D eigenvalue weighted by Gasteiger charge is 2.45. The standard InChI is InChI=1S/C26H21F3N4O2/c1-26(28,29)25(35)31-21-14-23(34)32(24(21)16-5-3-2-4-6-16)20-11-12-22-17(13-20)15-30-33(22)19-9-7-18(27)8-10-19/h2-13,15,21,24H,14H2,1H3,(H,31,35)/t21-,24?/m0/s1. The van der Waals surface area contributed by atoms with Gasteiger partial charge in [0, 0.05) is 24.4 Å². The lowest BCUT2D eigenvalue weighted by molar-refractivity contribution is -0.143. The SMILES string of the molecule is CC(F)(F)C(=O)N[C@H]1CC(=O)N(c2ccc3c(cnn3-c3ccc(F)cc3)c2)C1c1ccccc1. The lowest BCUT2D eigenvalue weighted by Gasteiger charge is -2.29. The van der Waals surface area contributed by atoms with E-state index in [2.05, 4.69) is 10.4 Å². The first-order valence-electron chi connectivity index (χ1n) is 11.0. The van der Waals surface area contributed by atoms with Gasteiger partial charge < -0.3 is 10.2 Å². The van der Waals surface area contributed by atoms with E-state index in [-0.39, 0.29) is 18.1 Å². The van der Waals surface area contributed by atoms with E-state index < -0.39 is 23.9 Å². The van der Waals surface area contributed by atoms with Crippen LogP contribution in [0.25, 0.3) is 16.6 Å². The van der Waals surface area contributed by atoms with E-state index in [1.807, 2.05) is 6.07 Å². The molecule has 6 nitrogen and oxygen atoms in total. The minimum absolute atomic E-state index is 0.117. The lowest BCUT2D eigenvalue weighted by Crippen LogP contribution is -2.46. The van der Waals surface area contributed by atoms with Crippen molar-refractivity contribution in [2.24, 2.45) is 0 Å².